The molecular weight excluding hydrogens is 244 g/mol. The molecule has 0 bridgehead atoms. The monoisotopic (exact) mass is 260 g/mol. The van der Waals surface area contributed by atoms with Crippen LogP contribution in [-0.4, -0.2) is 26.1 Å². The predicted molar refractivity (Wildman–Crippen MR) is 71.4 cm³/mol. The van der Waals surface area contributed by atoms with Crippen molar-refractivity contribution in [1.82, 2.24) is 20.2 Å². The number of nitrogens with two attached hydrogens (primary N) is 1. The summed E-state index contributed by atoms with van der Waals surface area (Å²) in [6, 6.07) is 7.69. The van der Waals surface area contributed by atoms with Gasteiger partial charge in [-0.3, -0.25) is 4.79 Å². The normalized spacial score (nSPS) is 10.7. The fourth-order valence-electron chi connectivity index (χ4n) is 1.76. The highest BCUT2D eigenvalue weighted by molar-refractivity contribution is 5.91. The molecular formula is C12H16N6O. The third-order valence-corrected chi connectivity index (χ3v) is 2.61. The van der Waals surface area contributed by atoms with Gasteiger partial charge in [-0.15, -0.1) is 5.10 Å². The number of hydrogen-bond donors (Lipinski definition) is 2. The van der Waals surface area contributed by atoms with Crippen molar-refractivity contribution >= 4 is 17.5 Å². The van der Waals surface area contributed by atoms with Crippen LogP contribution in [-0.2, 0) is 11.3 Å². The van der Waals surface area contributed by atoms with Gasteiger partial charge < -0.3 is 11.1 Å². The SMILES string of the molecule is CC(C)c1ccccc1NC(=O)Cn1nnc(N)n1. The molecule has 7 heteroatoms. The standard InChI is InChI=1S/C12H16N6O/c1-8(2)9-5-3-4-6-10(9)14-11(19)7-18-16-12(13)15-17-18/h3-6,8H,7H2,1-2H3,(H2,13,16)(H,14,19). The minimum absolute atomic E-state index is 0.0172. The number of aromatic nitrogens is 4. The summed E-state index contributed by atoms with van der Waals surface area (Å²) in [5.74, 6) is 0.164. The molecule has 2 aromatic rings. The predicted octanol–water partition coefficient (Wildman–Crippen LogP) is 1.02. The van der Waals surface area contributed by atoms with E-state index in [1.54, 1.807) is 0 Å². The van der Waals surface area contributed by atoms with E-state index >= 15 is 0 Å². The highest BCUT2D eigenvalue weighted by Crippen LogP contribution is 2.23. The van der Waals surface area contributed by atoms with E-state index in [-0.39, 0.29) is 18.4 Å². The van der Waals surface area contributed by atoms with Gasteiger partial charge in [0.1, 0.15) is 6.54 Å². The van der Waals surface area contributed by atoms with Gasteiger partial charge in [-0.25, -0.2) is 0 Å². The Labute approximate surface area is 110 Å². The largest absolute Gasteiger partial charge is 0.365 e. The smallest absolute Gasteiger partial charge is 0.260 e. The van der Waals surface area contributed by atoms with Crippen molar-refractivity contribution in [2.75, 3.05) is 11.1 Å². The van der Waals surface area contributed by atoms with Crippen LogP contribution in [0.1, 0.15) is 25.3 Å². The summed E-state index contributed by atoms with van der Waals surface area (Å²) in [7, 11) is 0. The van der Waals surface area contributed by atoms with Crippen LogP contribution in [0, 0.1) is 0 Å². The molecule has 0 aliphatic carbocycles. The molecule has 0 atom stereocenters. The molecule has 19 heavy (non-hydrogen) atoms. The van der Waals surface area contributed by atoms with E-state index in [9.17, 15) is 4.79 Å². The van der Waals surface area contributed by atoms with E-state index in [0.29, 0.717) is 5.92 Å². The molecule has 1 aromatic carbocycles. The van der Waals surface area contributed by atoms with Gasteiger partial charge in [0.2, 0.25) is 5.91 Å². The van der Waals surface area contributed by atoms with Crippen molar-refractivity contribution in [3.8, 4) is 0 Å². The number of amides is 1. The summed E-state index contributed by atoms with van der Waals surface area (Å²) in [5, 5.41) is 13.7. The molecule has 0 aliphatic heterocycles. The molecule has 0 radical (unpaired) electrons. The molecule has 1 amide bonds. The third-order valence-electron chi connectivity index (χ3n) is 2.61. The molecule has 0 aliphatic rings. The summed E-state index contributed by atoms with van der Waals surface area (Å²) >= 11 is 0. The number of nitrogen functional groups attached to an aromatic ring is 1. The van der Waals surface area contributed by atoms with Gasteiger partial charge in [-0.1, -0.05) is 37.1 Å². The summed E-state index contributed by atoms with van der Waals surface area (Å²) in [6.07, 6.45) is 0. The molecule has 3 N–H and O–H groups in total. The number of nitrogens with one attached hydrogen (secondary N) is 1. The second-order valence-electron chi connectivity index (χ2n) is 4.47. The molecule has 2 rings (SSSR count). The number of anilines is 2. The maximum Gasteiger partial charge on any atom is 0.260 e. The van der Waals surface area contributed by atoms with Crippen LogP contribution in [0.15, 0.2) is 24.3 Å². The number of nitrogens with zero attached hydrogens (tertiary/aromatic N) is 4. The first-order valence-electron chi connectivity index (χ1n) is 5.98. The van der Waals surface area contributed by atoms with Gasteiger partial charge in [0, 0.05) is 5.69 Å². The highest BCUT2D eigenvalue weighted by atomic mass is 16.2. The fourth-order valence-corrected chi connectivity index (χ4v) is 1.76. The Hall–Kier alpha value is -2.44. The summed E-state index contributed by atoms with van der Waals surface area (Å²) in [4.78, 5) is 13.0. The van der Waals surface area contributed by atoms with Crippen LogP contribution in [0.2, 0.25) is 0 Å². The summed E-state index contributed by atoms with van der Waals surface area (Å²) in [5.41, 5.74) is 7.22. The molecule has 0 saturated carbocycles. The zero-order chi connectivity index (χ0) is 13.8. The van der Waals surface area contributed by atoms with E-state index in [1.807, 2.05) is 24.3 Å². The topological polar surface area (TPSA) is 98.7 Å². The minimum Gasteiger partial charge on any atom is -0.365 e. The Morgan fingerprint density at radius 2 is 2.16 bits per heavy atom. The zero-order valence-corrected chi connectivity index (χ0v) is 10.9. The number of carbonyl (C=O) groups is 1. The van der Waals surface area contributed by atoms with Crippen LogP contribution < -0.4 is 11.1 Å². The van der Waals surface area contributed by atoms with Crippen molar-refractivity contribution in [2.45, 2.75) is 26.3 Å². The molecule has 1 aromatic heterocycles. The van der Waals surface area contributed by atoms with E-state index in [2.05, 4.69) is 34.6 Å². The van der Waals surface area contributed by atoms with Crippen molar-refractivity contribution in [2.24, 2.45) is 0 Å². The summed E-state index contributed by atoms with van der Waals surface area (Å²) < 4.78 is 0. The van der Waals surface area contributed by atoms with Crippen LogP contribution >= 0.6 is 0 Å². The van der Waals surface area contributed by atoms with Crippen LogP contribution in [0.25, 0.3) is 0 Å². The van der Waals surface area contributed by atoms with E-state index in [4.69, 9.17) is 5.73 Å². The number of para-hydroxylation sites is 1. The molecule has 0 unspecified atom stereocenters. The molecule has 0 saturated heterocycles. The molecule has 0 fully saturated rings. The lowest BCUT2D eigenvalue weighted by Crippen LogP contribution is -2.21. The quantitative estimate of drug-likeness (QED) is 0.855. The first-order valence-corrected chi connectivity index (χ1v) is 5.98. The first-order chi connectivity index (χ1) is 9.06. The van der Waals surface area contributed by atoms with Crippen molar-refractivity contribution in [3.63, 3.8) is 0 Å². The Morgan fingerprint density at radius 1 is 1.42 bits per heavy atom. The molecule has 0 spiro atoms. The highest BCUT2D eigenvalue weighted by Gasteiger charge is 2.10. The number of tetrazole rings is 1. The van der Waals surface area contributed by atoms with E-state index in [0.717, 1.165) is 16.0 Å². The number of carbonyl (C=O) groups excluding carboxylic acids is 1. The maximum atomic E-state index is 11.9. The second kappa shape index (κ2) is 5.47. The van der Waals surface area contributed by atoms with Gasteiger partial charge >= 0.3 is 0 Å². The molecule has 100 valence electrons. The fraction of sp³-hybridized carbons (Fsp3) is 0.333. The average Bonchev–Trinajstić information content (AvgIpc) is 2.75. The second-order valence-corrected chi connectivity index (χ2v) is 4.47. The van der Waals surface area contributed by atoms with Crippen molar-refractivity contribution in [1.29, 1.82) is 0 Å². The summed E-state index contributed by atoms with van der Waals surface area (Å²) in [6.45, 7) is 4.13. The average molecular weight is 260 g/mol. The lowest BCUT2D eigenvalue weighted by atomic mass is 10.0. The van der Waals surface area contributed by atoms with Gasteiger partial charge in [-0.05, 0) is 22.8 Å². The first kappa shape index (κ1) is 13.0. The Kier molecular flexibility index (Phi) is 3.74. The lowest BCUT2D eigenvalue weighted by Gasteiger charge is -2.13. The Bertz CT molecular complexity index is 577. The van der Waals surface area contributed by atoms with E-state index in [1.165, 1.54) is 0 Å². The van der Waals surface area contributed by atoms with Gasteiger partial charge in [0.05, 0.1) is 0 Å². The Balaban J connectivity index is 2.07. The molecule has 1 heterocycles. The van der Waals surface area contributed by atoms with Crippen LogP contribution in [0.3, 0.4) is 0 Å². The lowest BCUT2D eigenvalue weighted by molar-refractivity contribution is -0.117. The number of benzene rings is 1. The Morgan fingerprint density at radius 3 is 2.79 bits per heavy atom. The van der Waals surface area contributed by atoms with Crippen LogP contribution in [0.4, 0.5) is 11.6 Å². The minimum atomic E-state index is -0.217. The van der Waals surface area contributed by atoms with E-state index < -0.39 is 0 Å². The van der Waals surface area contributed by atoms with Gasteiger partial charge in [0.25, 0.3) is 5.95 Å². The number of rotatable bonds is 4. The number of hydrogen-bond acceptors (Lipinski definition) is 5. The van der Waals surface area contributed by atoms with Crippen molar-refractivity contribution < 1.29 is 4.79 Å². The maximum absolute atomic E-state index is 11.9. The van der Waals surface area contributed by atoms with Crippen LogP contribution in [0.5, 0.6) is 0 Å². The molecule has 7 nitrogen and oxygen atoms in total. The van der Waals surface area contributed by atoms with Crippen molar-refractivity contribution in [3.05, 3.63) is 29.8 Å². The third kappa shape index (κ3) is 3.27. The van der Waals surface area contributed by atoms with Gasteiger partial charge in [0.15, 0.2) is 0 Å². The zero-order valence-electron chi connectivity index (χ0n) is 10.9. The van der Waals surface area contributed by atoms with Gasteiger partial charge in [-0.2, -0.15) is 4.80 Å².